The number of nitriles is 1. The first-order valence-electron chi connectivity index (χ1n) is 12.4. The molecular weight excluding hydrogens is 446 g/mol. The molecule has 0 bridgehead atoms. The Hall–Kier alpha value is -2.87. The number of rotatable bonds is 10. The van der Waals surface area contributed by atoms with Gasteiger partial charge in [-0.1, -0.05) is 0 Å². The molecule has 1 unspecified atom stereocenters. The Labute approximate surface area is 206 Å². The van der Waals surface area contributed by atoms with Crippen molar-refractivity contribution < 1.29 is 14.2 Å². The van der Waals surface area contributed by atoms with Crippen LogP contribution in [0, 0.1) is 16.7 Å². The number of nitrogens with zero attached hydrogens (tertiary/aromatic N) is 5. The van der Waals surface area contributed by atoms with Crippen molar-refractivity contribution in [3.8, 4) is 23.2 Å². The van der Waals surface area contributed by atoms with Crippen molar-refractivity contribution in [2.24, 2.45) is 5.41 Å². The van der Waals surface area contributed by atoms with Crippen LogP contribution in [0.4, 0.5) is 5.82 Å². The van der Waals surface area contributed by atoms with Crippen LogP contribution in [0.5, 0.6) is 5.88 Å². The maximum absolute atomic E-state index is 9.64. The fourth-order valence-electron chi connectivity index (χ4n) is 4.73. The van der Waals surface area contributed by atoms with Gasteiger partial charge >= 0.3 is 0 Å². The largest absolute Gasteiger partial charge is 0.475 e. The summed E-state index contributed by atoms with van der Waals surface area (Å²) in [5.41, 5.74) is 0.990. The number of nitrogens with one attached hydrogen (secondary N) is 2. The van der Waals surface area contributed by atoms with Gasteiger partial charge in [0, 0.05) is 56.1 Å². The zero-order valence-corrected chi connectivity index (χ0v) is 20.6. The lowest BCUT2D eigenvalue weighted by Crippen LogP contribution is -2.42. The van der Waals surface area contributed by atoms with Crippen molar-refractivity contribution in [3.63, 3.8) is 0 Å². The summed E-state index contributed by atoms with van der Waals surface area (Å²) >= 11 is 0. The second-order valence-corrected chi connectivity index (χ2v) is 9.58. The minimum Gasteiger partial charge on any atom is -0.475 e. The van der Waals surface area contributed by atoms with E-state index >= 15 is 0 Å². The van der Waals surface area contributed by atoms with Gasteiger partial charge in [-0.15, -0.1) is 5.10 Å². The molecule has 35 heavy (non-hydrogen) atoms. The van der Waals surface area contributed by atoms with E-state index in [4.69, 9.17) is 14.2 Å². The van der Waals surface area contributed by atoms with Gasteiger partial charge in [0.15, 0.2) is 0 Å². The lowest BCUT2D eigenvalue weighted by atomic mass is 9.83. The monoisotopic (exact) mass is 481 g/mol. The summed E-state index contributed by atoms with van der Waals surface area (Å²) in [6.45, 7) is 4.30. The van der Waals surface area contributed by atoms with E-state index < -0.39 is 5.41 Å². The Morgan fingerprint density at radius 1 is 1.17 bits per heavy atom. The van der Waals surface area contributed by atoms with Crippen molar-refractivity contribution in [3.05, 3.63) is 24.7 Å². The number of hydrogen-bond donors (Lipinski definition) is 2. The van der Waals surface area contributed by atoms with Crippen molar-refractivity contribution in [2.45, 2.75) is 63.6 Å². The summed E-state index contributed by atoms with van der Waals surface area (Å²) in [4.78, 5) is 8.84. The molecule has 4 rings (SSSR count). The molecule has 2 aromatic heterocycles. The SMILES string of the molecule is COCC(C)NC1CCC(Nc2cc(-c3cnnc(OCC4(C#N)CCOCC4)c3)ncn2)CC1. The molecule has 0 radical (unpaired) electrons. The highest BCUT2D eigenvalue weighted by molar-refractivity contribution is 5.62. The molecule has 2 N–H and O–H groups in total. The Balaban J connectivity index is 1.33. The molecule has 1 saturated heterocycles. The topological polar surface area (TPSA) is 127 Å². The van der Waals surface area contributed by atoms with Crippen LogP contribution in [0.3, 0.4) is 0 Å². The maximum atomic E-state index is 9.64. The average Bonchev–Trinajstić information content (AvgIpc) is 2.90. The first kappa shape index (κ1) is 25.2. The lowest BCUT2D eigenvalue weighted by molar-refractivity contribution is 0.0181. The predicted molar refractivity (Wildman–Crippen MR) is 131 cm³/mol. The zero-order chi connectivity index (χ0) is 24.5. The van der Waals surface area contributed by atoms with E-state index in [0.29, 0.717) is 50.1 Å². The molecule has 1 atom stereocenters. The molecule has 1 aliphatic carbocycles. The Morgan fingerprint density at radius 2 is 1.94 bits per heavy atom. The van der Waals surface area contributed by atoms with Crippen molar-refractivity contribution >= 4 is 5.82 Å². The molecule has 0 amide bonds. The molecule has 2 aromatic rings. The highest BCUT2D eigenvalue weighted by Gasteiger charge is 2.34. The van der Waals surface area contributed by atoms with Crippen molar-refractivity contribution in [1.82, 2.24) is 25.5 Å². The van der Waals surface area contributed by atoms with Crippen LogP contribution in [0.2, 0.25) is 0 Å². The normalized spacial score (nSPS) is 22.7. The first-order valence-corrected chi connectivity index (χ1v) is 12.4. The van der Waals surface area contributed by atoms with Crippen molar-refractivity contribution in [2.75, 3.05) is 38.9 Å². The van der Waals surface area contributed by atoms with E-state index in [1.54, 1.807) is 19.6 Å². The molecule has 1 saturated carbocycles. The standard InChI is InChI=1S/C25H35N7O3/c1-18(14-33-2)30-20-3-5-21(6-4-20)31-23-12-22(27-17-28-23)19-11-24(32-29-13-19)35-16-25(15-26)7-9-34-10-8-25/h11-13,17-18,20-21,30H,3-10,14,16H2,1-2H3,(H,27,28,31). The van der Waals surface area contributed by atoms with Gasteiger partial charge in [0.25, 0.3) is 0 Å². The highest BCUT2D eigenvalue weighted by atomic mass is 16.5. The second kappa shape index (κ2) is 12.2. The van der Waals surface area contributed by atoms with Crippen LogP contribution >= 0.6 is 0 Å². The van der Waals surface area contributed by atoms with Gasteiger partial charge < -0.3 is 24.8 Å². The molecular formula is C25H35N7O3. The lowest BCUT2D eigenvalue weighted by Gasteiger charge is -2.31. The molecule has 188 valence electrons. The van der Waals surface area contributed by atoms with Gasteiger partial charge in [-0.3, -0.25) is 0 Å². The highest BCUT2D eigenvalue weighted by Crippen LogP contribution is 2.31. The average molecular weight is 482 g/mol. The Bertz CT molecular complexity index is 985. The summed E-state index contributed by atoms with van der Waals surface area (Å²) < 4.78 is 16.5. The molecule has 2 aliphatic rings. The number of anilines is 1. The van der Waals surface area contributed by atoms with E-state index in [1.807, 2.05) is 12.1 Å². The Morgan fingerprint density at radius 3 is 2.69 bits per heavy atom. The number of hydrogen-bond acceptors (Lipinski definition) is 10. The van der Waals surface area contributed by atoms with E-state index in [-0.39, 0.29) is 6.61 Å². The Kier molecular flexibility index (Phi) is 8.79. The molecule has 3 heterocycles. The number of aromatic nitrogens is 4. The van der Waals surface area contributed by atoms with Gasteiger partial charge in [-0.25, -0.2) is 9.97 Å². The second-order valence-electron chi connectivity index (χ2n) is 9.58. The first-order chi connectivity index (χ1) is 17.1. The molecule has 2 fully saturated rings. The van der Waals surface area contributed by atoms with Crippen LogP contribution in [-0.4, -0.2) is 71.8 Å². The molecule has 1 aliphatic heterocycles. The third-order valence-electron chi connectivity index (χ3n) is 6.79. The summed E-state index contributed by atoms with van der Waals surface area (Å²) in [6.07, 6.45) is 8.93. The van der Waals surface area contributed by atoms with Gasteiger partial charge in [-0.05, 0) is 45.4 Å². The van der Waals surface area contributed by atoms with Crippen LogP contribution in [-0.2, 0) is 9.47 Å². The van der Waals surface area contributed by atoms with E-state index in [2.05, 4.69) is 43.8 Å². The molecule has 0 spiro atoms. The summed E-state index contributed by atoms with van der Waals surface area (Å²) in [6, 6.07) is 7.42. The smallest absolute Gasteiger partial charge is 0.234 e. The summed E-state index contributed by atoms with van der Waals surface area (Å²) in [7, 11) is 1.74. The molecule has 10 nitrogen and oxygen atoms in total. The fraction of sp³-hybridized carbons (Fsp3) is 0.640. The van der Waals surface area contributed by atoms with E-state index in [9.17, 15) is 5.26 Å². The van der Waals surface area contributed by atoms with Crippen LogP contribution in [0.15, 0.2) is 24.7 Å². The third-order valence-corrected chi connectivity index (χ3v) is 6.79. The minimum atomic E-state index is -0.543. The maximum Gasteiger partial charge on any atom is 0.234 e. The van der Waals surface area contributed by atoms with Crippen LogP contribution in [0.1, 0.15) is 45.4 Å². The van der Waals surface area contributed by atoms with Crippen molar-refractivity contribution in [1.29, 1.82) is 5.26 Å². The summed E-state index contributed by atoms with van der Waals surface area (Å²) in [5.74, 6) is 1.18. The fourth-order valence-corrected chi connectivity index (χ4v) is 4.73. The van der Waals surface area contributed by atoms with Gasteiger partial charge in [0.05, 0.1) is 30.0 Å². The minimum absolute atomic E-state index is 0.267. The predicted octanol–water partition coefficient (Wildman–Crippen LogP) is 2.98. The van der Waals surface area contributed by atoms with Gasteiger partial charge in [-0.2, -0.15) is 10.4 Å². The van der Waals surface area contributed by atoms with E-state index in [1.165, 1.54) is 0 Å². The van der Waals surface area contributed by atoms with Gasteiger partial charge in [0.1, 0.15) is 18.8 Å². The summed E-state index contributed by atoms with van der Waals surface area (Å²) in [5, 5.41) is 25.0. The van der Waals surface area contributed by atoms with Gasteiger partial charge in [0.2, 0.25) is 5.88 Å². The zero-order valence-electron chi connectivity index (χ0n) is 20.6. The van der Waals surface area contributed by atoms with Crippen LogP contribution in [0.25, 0.3) is 11.3 Å². The van der Waals surface area contributed by atoms with E-state index in [0.717, 1.165) is 49.4 Å². The third kappa shape index (κ3) is 7.07. The molecule has 10 heteroatoms. The molecule has 0 aromatic carbocycles. The number of ether oxygens (including phenoxy) is 3. The van der Waals surface area contributed by atoms with Crippen LogP contribution < -0.4 is 15.4 Å². The number of methoxy groups -OCH3 is 1. The quantitative estimate of drug-likeness (QED) is 0.523.